The summed E-state index contributed by atoms with van der Waals surface area (Å²) in [5.74, 6) is 1.48. The standard InChI is InChI=1S/C119H71F3N12/c1-72-30-56-97(109(62-72)119(120,121)122)93-59-61-111-113-100(93)24-15-26-102(113)117(130-111)132-115-83(67-124)64-85(71-128-115)78-37-50-89(51-38-78)134(87-46-33-76(34-47-87)74-18-6-3-7-19-74)91-54-41-80(42-55-91)104(69-126)103(68-125)79-39-52-90(53-40-79)133(86-44-31-75(32-45-86)73-16-4-2-5-17-73)88-48-35-77(36-49-88)84-63-82(66-123)114(127-70-84)131-116-101-25-14-23-99-92(58-60-110(129-116)112(99)101)81-43-57-98-96-22-10-13-29-107(96)118(108(98)65-81)105-27-11-8-20-94(105)95-21-9-12-28-106(95)118/h2-65,70-71H,1H3,(H,127,129,131)(H,128,130,132)/b104-103+. The van der Waals surface area contributed by atoms with Crippen molar-refractivity contribution in [3.05, 3.63) is 467 Å². The first-order valence-electron chi connectivity index (χ1n) is 43.9. The van der Waals surface area contributed by atoms with Crippen LogP contribution in [0.25, 0.3) is 122 Å². The van der Waals surface area contributed by atoms with E-state index in [9.17, 15) is 34.2 Å². The van der Waals surface area contributed by atoms with Crippen molar-refractivity contribution in [2.75, 3.05) is 20.4 Å². The van der Waals surface area contributed by atoms with Crippen LogP contribution < -0.4 is 20.4 Å². The van der Waals surface area contributed by atoms with Crippen LogP contribution >= 0.6 is 0 Å². The number of aliphatic imine (C=N–C) groups is 2. The molecule has 0 saturated heterocycles. The van der Waals surface area contributed by atoms with Gasteiger partial charge in [-0.05, 0) is 238 Å². The molecule has 1 spiro atoms. The van der Waals surface area contributed by atoms with Gasteiger partial charge < -0.3 is 20.4 Å². The fourth-order valence-corrected chi connectivity index (χ4v) is 20.1. The third-order valence-corrected chi connectivity index (χ3v) is 26.3. The van der Waals surface area contributed by atoms with Crippen LogP contribution in [0.4, 0.5) is 70.3 Å². The molecule has 23 rings (SSSR count). The van der Waals surface area contributed by atoms with E-state index in [-0.39, 0.29) is 28.1 Å². The first kappa shape index (κ1) is 80.2. The second-order valence-electron chi connectivity index (χ2n) is 33.7. The molecule has 0 radical (unpaired) electrons. The number of fused-ring (bicyclic) bond motifs is 10. The minimum absolute atomic E-state index is 0.0794. The fraction of sp³-hybridized carbons (Fsp3) is 0.0252. The van der Waals surface area contributed by atoms with Crippen LogP contribution in [0.5, 0.6) is 0 Å². The molecular formula is C119H71F3N12. The van der Waals surface area contributed by atoms with Crippen molar-refractivity contribution in [3.8, 4) is 113 Å². The molecule has 19 aromatic rings. The Kier molecular flexibility index (Phi) is 19.4. The Morgan fingerprint density at radius 3 is 1.07 bits per heavy atom. The summed E-state index contributed by atoms with van der Waals surface area (Å²) < 4.78 is 43.5. The Labute approximate surface area is 770 Å². The molecule has 134 heavy (non-hydrogen) atoms. The number of nitrogens with one attached hydrogen (secondary N) is 2. The molecule has 0 amide bonds. The summed E-state index contributed by atoms with van der Waals surface area (Å²) in [5, 5.41) is 54.3. The number of alkyl halides is 3. The number of pyridine rings is 2. The van der Waals surface area contributed by atoms with Gasteiger partial charge in [-0.15, -0.1) is 0 Å². The summed E-state index contributed by atoms with van der Waals surface area (Å²) in [6.07, 6.45) is -1.14. The molecule has 2 aromatic heterocycles. The van der Waals surface area contributed by atoms with Crippen molar-refractivity contribution in [1.82, 2.24) is 9.97 Å². The smallest absolute Gasteiger partial charge is 0.339 e. The van der Waals surface area contributed by atoms with Gasteiger partial charge in [0, 0.05) is 90.9 Å². The number of benzene rings is 17. The number of aromatic nitrogens is 2. The van der Waals surface area contributed by atoms with E-state index in [4.69, 9.17) is 20.0 Å². The van der Waals surface area contributed by atoms with Crippen molar-refractivity contribution < 1.29 is 13.2 Å². The Morgan fingerprint density at radius 2 is 0.657 bits per heavy atom. The molecular weight excluding hydrogens is 1650 g/mol. The summed E-state index contributed by atoms with van der Waals surface area (Å²) >= 11 is 0. The molecule has 12 nitrogen and oxygen atoms in total. The van der Waals surface area contributed by atoms with Gasteiger partial charge in [0.2, 0.25) is 0 Å². The molecule has 2 aliphatic heterocycles. The summed E-state index contributed by atoms with van der Waals surface area (Å²) in [6, 6.07) is 139. The van der Waals surface area contributed by atoms with E-state index in [0.717, 1.165) is 106 Å². The SMILES string of the molecule is Cc1ccc(-c2ccc3c4c(cccc24)C(=Nc2ncc(-c4ccc(N(c5ccc(/C(C#N)=C(\C#N)c6ccc(N(c7ccc(-c8ccccc8)cc7)c7ccc(-c8cnc(N=C9Nc%10ccc(-c%11ccc%12c(c%11)C%11(c%13ccccc%13-c%13ccccc%13%11)c%11ccccc%11-%12)c%11cccc9c%10%11)c(C#N)c8)cc7)cc6)cc5)c5ccc(-c6ccccc6)cc5)cc4)cc2C#N)N3)c(C(F)(F)F)c1. The lowest BCUT2D eigenvalue weighted by Gasteiger charge is -2.30. The number of halogens is 3. The van der Waals surface area contributed by atoms with Crippen molar-refractivity contribution >= 4 is 101 Å². The van der Waals surface area contributed by atoms with Gasteiger partial charge in [0.25, 0.3) is 0 Å². The number of amidine groups is 2. The number of hydrogen-bond donors (Lipinski definition) is 2. The second-order valence-corrected chi connectivity index (χ2v) is 33.7. The third-order valence-electron chi connectivity index (χ3n) is 26.3. The average molecular weight is 1730 g/mol. The largest absolute Gasteiger partial charge is 0.417 e. The Morgan fingerprint density at radius 1 is 0.313 bits per heavy atom. The first-order chi connectivity index (χ1) is 65.8. The zero-order valence-corrected chi connectivity index (χ0v) is 71.7. The Balaban J connectivity index is 0.521. The minimum atomic E-state index is -4.57. The van der Waals surface area contributed by atoms with E-state index in [0.29, 0.717) is 72.9 Å². The van der Waals surface area contributed by atoms with Gasteiger partial charge in [0.1, 0.15) is 35.9 Å². The van der Waals surface area contributed by atoms with Gasteiger partial charge in [-0.25, -0.2) is 20.0 Å². The topological polar surface area (TPSA) is 176 Å². The summed E-state index contributed by atoms with van der Waals surface area (Å²) in [6.45, 7) is 1.64. The van der Waals surface area contributed by atoms with Crippen molar-refractivity contribution in [2.45, 2.75) is 18.5 Å². The highest BCUT2D eigenvalue weighted by Gasteiger charge is 2.52. The van der Waals surface area contributed by atoms with Gasteiger partial charge in [0.15, 0.2) is 11.6 Å². The summed E-state index contributed by atoms with van der Waals surface area (Å²) in [5.41, 5.74) is 29.6. The Hall–Kier alpha value is -18.4. The predicted octanol–water partition coefficient (Wildman–Crippen LogP) is 30.1. The van der Waals surface area contributed by atoms with Crippen LogP contribution in [0.3, 0.4) is 0 Å². The highest BCUT2D eigenvalue weighted by Crippen LogP contribution is 2.64. The number of nitrogens with zero attached hydrogens (tertiary/aromatic N) is 10. The van der Waals surface area contributed by atoms with Crippen LogP contribution in [-0.4, -0.2) is 21.6 Å². The highest BCUT2D eigenvalue weighted by atomic mass is 19.4. The molecule has 0 saturated carbocycles. The van der Waals surface area contributed by atoms with E-state index in [2.05, 4.69) is 239 Å². The van der Waals surface area contributed by atoms with Gasteiger partial charge in [-0.3, -0.25) is 0 Å². The minimum Gasteiger partial charge on any atom is -0.339 e. The molecule has 628 valence electrons. The highest BCUT2D eigenvalue weighted by molar-refractivity contribution is 6.29. The predicted molar refractivity (Wildman–Crippen MR) is 531 cm³/mol. The number of rotatable bonds is 16. The maximum absolute atomic E-state index is 14.5. The van der Waals surface area contributed by atoms with Crippen LogP contribution in [0, 0.1) is 52.2 Å². The van der Waals surface area contributed by atoms with E-state index in [1.807, 2.05) is 152 Å². The quantitative estimate of drug-likeness (QED) is 0.0699. The lowest BCUT2D eigenvalue weighted by molar-refractivity contribution is -0.137. The van der Waals surface area contributed by atoms with Gasteiger partial charge in [0.05, 0.1) is 33.3 Å². The van der Waals surface area contributed by atoms with Crippen LogP contribution in [0.2, 0.25) is 0 Å². The van der Waals surface area contributed by atoms with Gasteiger partial charge in [-0.1, -0.05) is 285 Å². The van der Waals surface area contributed by atoms with Crippen LogP contribution in [-0.2, 0) is 11.6 Å². The molecule has 0 bridgehead atoms. The second kappa shape index (κ2) is 32.4. The maximum atomic E-state index is 14.5. The van der Waals surface area contributed by atoms with Gasteiger partial charge >= 0.3 is 6.18 Å². The van der Waals surface area contributed by atoms with E-state index >= 15 is 0 Å². The molecule has 2 N–H and O–H groups in total. The van der Waals surface area contributed by atoms with Crippen LogP contribution in [0.1, 0.15) is 66.8 Å². The molecule has 4 aliphatic rings. The molecule has 15 heteroatoms. The molecule has 2 aliphatic carbocycles. The first-order valence-corrected chi connectivity index (χ1v) is 43.9. The summed E-state index contributed by atoms with van der Waals surface area (Å²) in [7, 11) is 0. The molecule has 0 unspecified atom stereocenters. The number of nitriles is 4. The number of allylic oxidation sites excluding steroid dienone is 2. The lowest BCUT2D eigenvalue weighted by Crippen LogP contribution is -2.25. The maximum Gasteiger partial charge on any atom is 0.417 e. The third kappa shape index (κ3) is 13.5. The summed E-state index contributed by atoms with van der Waals surface area (Å²) in [4.78, 5) is 23.9. The fourth-order valence-electron chi connectivity index (χ4n) is 20.1. The van der Waals surface area contributed by atoms with Crippen molar-refractivity contribution in [3.63, 3.8) is 0 Å². The molecule has 17 aromatic carbocycles. The zero-order chi connectivity index (χ0) is 90.5. The average Bonchev–Trinajstić information content (AvgIpc) is 1.50. The van der Waals surface area contributed by atoms with E-state index in [1.165, 1.54) is 56.6 Å². The number of hydrogen-bond acceptors (Lipinski definition) is 10. The normalized spacial score (nSPS) is 13.4. The lowest BCUT2D eigenvalue weighted by atomic mass is 9.70. The molecule has 0 fully saturated rings. The van der Waals surface area contributed by atoms with Crippen molar-refractivity contribution in [2.24, 2.45) is 9.98 Å². The van der Waals surface area contributed by atoms with E-state index in [1.54, 1.807) is 49.6 Å². The molecule has 0 atom stereocenters. The monoisotopic (exact) mass is 1720 g/mol. The zero-order valence-electron chi connectivity index (χ0n) is 71.7. The number of aryl methyl sites for hydroxylation is 1. The number of anilines is 8. The van der Waals surface area contributed by atoms with E-state index < -0.39 is 17.2 Å². The van der Waals surface area contributed by atoms with Gasteiger partial charge in [-0.2, -0.15) is 34.2 Å². The molecule has 4 heterocycles. The van der Waals surface area contributed by atoms with Crippen LogP contribution in [0.15, 0.2) is 411 Å². The van der Waals surface area contributed by atoms with Crippen molar-refractivity contribution in [1.29, 1.82) is 21.0 Å². The Bertz CT molecular complexity index is 8280.